The summed E-state index contributed by atoms with van der Waals surface area (Å²) in [6.07, 6.45) is -0.626. The second-order valence-corrected chi connectivity index (χ2v) is 8.59. The fourth-order valence-electron chi connectivity index (χ4n) is 4.99. The van der Waals surface area contributed by atoms with E-state index in [0.29, 0.717) is 19.0 Å². The van der Waals surface area contributed by atoms with E-state index in [1.165, 1.54) is 34.9 Å². The Kier molecular flexibility index (Phi) is 5.58. The maximum absolute atomic E-state index is 13.1. The molecule has 0 atom stereocenters. The van der Waals surface area contributed by atoms with Crippen LogP contribution in [-0.2, 0) is 16.4 Å². The molecule has 1 heterocycles. The van der Waals surface area contributed by atoms with Crippen molar-refractivity contribution in [1.82, 2.24) is 4.90 Å². The average Bonchev–Trinajstić information content (AvgIpc) is 3.06. The van der Waals surface area contributed by atoms with Crippen LogP contribution in [-0.4, -0.2) is 30.5 Å². The van der Waals surface area contributed by atoms with E-state index < -0.39 is 18.3 Å². The van der Waals surface area contributed by atoms with E-state index in [4.69, 9.17) is 4.74 Å². The number of carbonyl (C=O) groups is 1. The number of ether oxygens (including phenoxy) is 1. The molecule has 1 fully saturated rings. The first kappa shape index (κ1) is 21.5. The maximum Gasteiger partial charge on any atom is 0.419 e. The molecule has 4 rings (SSSR count). The largest absolute Gasteiger partial charge is 0.483 e. The minimum absolute atomic E-state index is 0.0642. The second-order valence-electron chi connectivity index (χ2n) is 8.59. The standard InChI is InChI=1S/C25H26F3NO2/c1-17(2)21-15-18-7-3-4-8-19(18)24(21)11-13-29(14-12-24)23(30)16-31-22-10-6-5-9-20(22)25(26,27)28/h3-10,15,17H,11-14,16H2,1-2H3. The number of halogens is 3. The number of allylic oxidation sites excluding steroid dienone is 1. The number of hydrogen-bond donors (Lipinski definition) is 0. The molecule has 164 valence electrons. The van der Waals surface area contributed by atoms with Crippen molar-refractivity contribution < 1.29 is 22.7 Å². The van der Waals surface area contributed by atoms with Crippen molar-refractivity contribution in [3.8, 4) is 5.75 Å². The zero-order valence-electron chi connectivity index (χ0n) is 17.7. The number of fused-ring (bicyclic) bond motifs is 2. The molecule has 1 aliphatic heterocycles. The van der Waals surface area contributed by atoms with Crippen LogP contribution in [0.15, 0.2) is 54.1 Å². The maximum atomic E-state index is 13.1. The summed E-state index contributed by atoms with van der Waals surface area (Å²) in [6, 6.07) is 13.4. The summed E-state index contributed by atoms with van der Waals surface area (Å²) in [5, 5.41) is 0. The predicted molar refractivity (Wildman–Crippen MR) is 114 cm³/mol. The van der Waals surface area contributed by atoms with E-state index in [1.54, 1.807) is 4.90 Å². The number of para-hydroxylation sites is 1. The van der Waals surface area contributed by atoms with Crippen molar-refractivity contribution in [3.05, 3.63) is 70.8 Å². The number of rotatable bonds is 4. The fraction of sp³-hybridized carbons (Fsp3) is 0.400. The monoisotopic (exact) mass is 429 g/mol. The number of nitrogens with zero attached hydrogens (tertiary/aromatic N) is 1. The molecule has 0 N–H and O–H groups in total. The van der Waals surface area contributed by atoms with Crippen molar-refractivity contribution in [2.24, 2.45) is 5.92 Å². The van der Waals surface area contributed by atoms with E-state index in [9.17, 15) is 18.0 Å². The highest BCUT2D eigenvalue weighted by Crippen LogP contribution is 2.51. The topological polar surface area (TPSA) is 29.5 Å². The SMILES string of the molecule is CC(C)C1=Cc2ccccc2C12CCN(C(=O)COc1ccccc1C(F)(F)F)CC2. The zero-order chi connectivity index (χ0) is 22.2. The normalized spacial score (nSPS) is 17.6. The van der Waals surface area contributed by atoms with Crippen LogP contribution in [0.25, 0.3) is 6.08 Å². The van der Waals surface area contributed by atoms with E-state index in [-0.39, 0.29) is 17.1 Å². The Morgan fingerprint density at radius 1 is 1.06 bits per heavy atom. The predicted octanol–water partition coefficient (Wildman–Crippen LogP) is 5.70. The Morgan fingerprint density at radius 2 is 1.71 bits per heavy atom. The van der Waals surface area contributed by atoms with Crippen molar-refractivity contribution >= 4 is 12.0 Å². The summed E-state index contributed by atoms with van der Waals surface area (Å²) in [7, 11) is 0. The van der Waals surface area contributed by atoms with Gasteiger partial charge in [0, 0.05) is 18.5 Å². The molecular weight excluding hydrogens is 403 g/mol. The van der Waals surface area contributed by atoms with E-state index in [0.717, 1.165) is 18.9 Å². The molecule has 1 amide bonds. The number of piperidine rings is 1. The lowest BCUT2D eigenvalue weighted by Gasteiger charge is -2.43. The second kappa shape index (κ2) is 8.06. The van der Waals surface area contributed by atoms with Crippen LogP contribution >= 0.6 is 0 Å². The molecule has 1 aliphatic carbocycles. The molecular formula is C25H26F3NO2. The summed E-state index contributed by atoms with van der Waals surface area (Å²) in [5.41, 5.74) is 3.04. The molecule has 1 spiro atoms. The lowest BCUT2D eigenvalue weighted by molar-refractivity contribution is -0.141. The highest BCUT2D eigenvalue weighted by atomic mass is 19.4. The average molecular weight is 429 g/mol. The fourth-order valence-corrected chi connectivity index (χ4v) is 4.99. The smallest absolute Gasteiger partial charge is 0.419 e. The van der Waals surface area contributed by atoms with Crippen LogP contribution in [0.2, 0.25) is 0 Å². The van der Waals surface area contributed by atoms with Gasteiger partial charge in [-0.15, -0.1) is 0 Å². The van der Waals surface area contributed by atoms with Gasteiger partial charge in [0.05, 0.1) is 5.56 Å². The Hall–Kier alpha value is -2.76. The van der Waals surface area contributed by atoms with Crippen LogP contribution in [0.3, 0.4) is 0 Å². The van der Waals surface area contributed by atoms with E-state index in [2.05, 4.69) is 38.1 Å². The number of likely N-dealkylation sites (tertiary alicyclic amines) is 1. The minimum Gasteiger partial charge on any atom is -0.483 e. The third kappa shape index (κ3) is 3.95. The lowest BCUT2D eigenvalue weighted by Crippen LogP contribution is -2.47. The molecule has 2 aliphatic rings. The number of amides is 1. The molecule has 2 aromatic rings. The summed E-state index contributed by atoms with van der Waals surface area (Å²) in [4.78, 5) is 14.4. The van der Waals surface area contributed by atoms with Crippen LogP contribution in [0, 0.1) is 5.92 Å². The Bertz CT molecular complexity index is 1000. The molecule has 0 radical (unpaired) electrons. The van der Waals surface area contributed by atoms with Gasteiger partial charge >= 0.3 is 6.18 Å². The van der Waals surface area contributed by atoms with Gasteiger partial charge in [0.25, 0.3) is 5.91 Å². The lowest BCUT2D eigenvalue weighted by atomic mass is 9.67. The van der Waals surface area contributed by atoms with Gasteiger partial charge in [-0.2, -0.15) is 13.2 Å². The van der Waals surface area contributed by atoms with Gasteiger partial charge in [0.15, 0.2) is 6.61 Å². The third-order valence-corrected chi connectivity index (χ3v) is 6.48. The van der Waals surface area contributed by atoms with Crippen molar-refractivity contribution in [3.63, 3.8) is 0 Å². The van der Waals surface area contributed by atoms with Gasteiger partial charge < -0.3 is 9.64 Å². The molecule has 3 nitrogen and oxygen atoms in total. The Labute approximate surface area is 180 Å². The van der Waals surface area contributed by atoms with E-state index >= 15 is 0 Å². The number of hydrogen-bond acceptors (Lipinski definition) is 2. The van der Waals surface area contributed by atoms with Gasteiger partial charge in [-0.3, -0.25) is 4.79 Å². The van der Waals surface area contributed by atoms with E-state index in [1.807, 2.05) is 6.07 Å². The first-order valence-electron chi connectivity index (χ1n) is 10.6. The van der Waals surface area contributed by atoms with Gasteiger partial charge in [0.2, 0.25) is 0 Å². The number of alkyl halides is 3. The highest BCUT2D eigenvalue weighted by molar-refractivity contribution is 5.78. The first-order valence-corrected chi connectivity index (χ1v) is 10.6. The minimum atomic E-state index is -4.52. The molecule has 1 saturated heterocycles. The number of carbonyl (C=O) groups excluding carboxylic acids is 1. The van der Waals surface area contributed by atoms with Crippen molar-refractivity contribution in [1.29, 1.82) is 0 Å². The molecule has 0 aromatic heterocycles. The summed E-state index contributed by atoms with van der Waals surface area (Å²) >= 11 is 0. The third-order valence-electron chi connectivity index (χ3n) is 6.48. The molecule has 31 heavy (non-hydrogen) atoms. The number of benzene rings is 2. The molecule has 6 heteroatoms. The van der Waals surface area contributed by atoms with Crippen molar-refractivity contribution in [2.75, 3.05) is 19.7 Å². The van der Waals surface area contributed by atoms with Gasteiger partial charge in [-0.05, 0) is 42.0 Å². The van der Waals surface area contributed by atoms with Crippen LogP contribution in [0.4, 0.5) is 13.2 Å². The van der Waals surface area contributed by atoms with Crippen LogP contribution in [0.5, 0.6) is 5.75 Å². The summed E-state index contributed by atoms with van der Waals surface area (Å²) in [6.45, 7) is 5.11. The van der Waals surface area contributed by atoms with Gasteiger partial charge in [-0.25, -0.2) is 0 Å². The van der Waals surface area contributed by atoms with Gasteiger partial charge in [0.1, 0.15) is 5.75 Å². The molecule has 2 aromatic carbocycles. The quantitative estimate of drug-likeness (QED) is 0.624. The molecule has 0 unspecified atom stereocenters. The molecule has 0 bridgehead atoms. The van der Waals surface area contributed by atoms with Crippen LogP contribution < -0.4 is 4.74 Å². The Morgan fingerprint density at radius 3 is 2.39 bits per heavy atom. The first-order chi connectivity index (χ1) is 14.7. The summed E-state index contributed by atoms with van der Waals surface area (Å²) < 4.78 is 44.7. The van der Waals surface area contributed by atoms with Gasteiger partial charge in [-0.1, -0.05) is 61.9 Å². The summed E-state index contributed by atoms with van der Waals surface area (Å²) in [5.74, 6) is -0.198. The van der Waals surface area contributed by atoms with Crippen molar-refractivity contribution in [2.45, 2.75) is 38.3 Å². The highest BCUT2D eigenvalue weighted by Gasteiger charge is 2.45. The zero-order valence-corrected chi connectivity index (χ0v) is 17.7. The molecule has 0 saturated carbocycles. The Balaban J connectivity index is 1.44. The van der Waals surface area contributed by atoms with Crippen LogP contribution in [0.1, 0.15) is 43.4 Å².